The molecule has 0 saturated heterocycles. The minimum Gasteiger partial charge on any atom is -0.395 e. The van der Waals surface area contributed by atoms with Gasteiger partial charge < -0.3 is 10.0 Å². The monoisotopic (exact) mass is 223 g/mol. The van der Waals surface area contributed by atoms with Crippen LogP contribution in [0.15, 0.2) is 17.8 Å². The van der Waals surface area contributed by atoms with Crippen LogP contribution in [0.1, 0.15) is 6.92 Å². The minimum absolute atomic E-state index is 0.144. The van der Waals surface area contributed by atoms with Gasteiger partial charge in [0.2, 0.25) is 0 Å². The topological polar surface area (TPSA) is 49.2 Å². The summed E-state index contributed by atoms with van der Waals surface area (Å²) in [4.78, 5) is 10.5. The lowest BCUT2D eigenvalue weighted by molar-refractivity contribution is 0.302. The van der Waals surface area contributed by atoms with Gasteiger partial charge in [-0.3, -0.25) is 0 Å². The van der Waals surface area contributed by atoms with Crippen LogP contribution >= 0.6 is 11.3 Å². The van der Waals surface area contributed by atoms with Gasteiger partial charge in [0.25, 0.3) is 0 Å². The number of likely N-dealkylation sites (N-methyl/N-ethyl adjacent to an activating group) is 1. The molecule has 0 aliphatic carbocycles. The van der Waals surface area contributed by atoms with Crippen LogP contribution < -0.4 is 4.90 Å². The minimum atomic E-state index is 0.144. The lowest BCUT2D eigenvalue weighted by atomic mass is 10.4. The number of thiophene rings is 1. The molecule has 2 aromatic rings. The number of rotatable bonds is 4. The van der Waals surface area contributed by atoms with E-state index < -0.39 is 0 Å². The zero-order valence-electron chi connectivity index (χ0n) is 8.55. The molecule has 0 bridgehead atoms. The lowest BCUT2D eigenvalue weighted by Gasteiger charge is -2.20. The number of aromatic nitrogens is 2. The molecule has 5 heteroatoms. The van der Waals surface area contributed by atoms with Gasteiger partial charge >= 0.3 is 0 Å². The molecular formula is C10H13N3OS. The molecule has 2 aromatic heterocycles. The molecule has 0 radical (unpaired) electrons. The number of hydrogen-bond acceptors (Lipinski definition) is 5. The molecule has 0 unspecified atom stereocenters. The fourth-order valence-electron chi connectivity index (χ4n) is 1.54. The highest BCUT2D eigenvalue weighted by Gasteiger charge is 2.10. The molecule has 2 rings (SSSR count). The summed E-state index contributed by atoms with van der Waals surface area (Å²) in [5.74, 6) is 0.923. The second-order valence-electron chi connectivity index (χ2n) is 3.14. The van der Waals surface area contributed by atoms with Crippen LogP contribution in [-0.4, -0.2) is 34.8 Å². The highest BCUT2D eigenvalue weighted by Crippen LogP contribution is 2.27. The SMILES string of the molecule is CCN(CCO)c1ncnc2ccsc12. The number of nitrogens with zero attached hydrogens (tertiary/aromatic N) is 3. The van der Waals surface area contributed by atoms with Crippen LogP contribution in [0.5, 0.6) is 0 Å². The lowest BCUT2D eigenvalue weighted by Crippen LogP contribution is -2.27. The van der Waals surface area contributed by atoms with E-state index in [1.165, 1.54) is 0 Å². The maximum Gasteiger partial charge on any atom is 0.150 e. The highest BCUT2D eigenvalue weighted by molar-refractivity contribution is 7.17. The summed E-state index contributed by atoms with van der Waals surface area (Å²) in [5.41, 5.74) is 0.974. The third-order valence-corrected chi connectivity index (χ3v) is 3.18. The van der Waals surface area contributed by atoms with Crippen LogP contribution in [0.25, 0.3) is 10.2 Å². The molecule has 1 N–H and O–H groups in total. The smallest absolute Gasteiger partial charge is 0.150 e. The van der Waals surface area contributed by atoms with Crippen molar-refractivity contribution in [3.05, 3.63) is 17.8 Å². The van der Waals surface area contributed by atoms with Gasteiger partial charge in [0.1, 0.15) is 12.1 Å². The van der Waals surface area contributed by atoms with Crippen molar-refractivity contribution in [2.24, 2.45) is 0 Å². The summed E-state index contributed by atoms with van der Waals surface area (Å²) in [6.45, 7) is 3.65. The van der Waals surface area contributed by atoms with Crippen LogP contribution in [0.2, 0.25) is 0 Å². The highest BCUT2D eigenvalue weighted by atomic mass is 32.1. The molecule has 0 amide bonds. The van der Waals surface area contributed by atoms with E-state index in [4.69, 9.17) is 5.11 Å². The number of aliphatic hydroxyl groups excluding tert-OH is 1. The molecule has 0 spiro atoms. The molecule has 15 heavy (non-hydrogen) atoms. The Hall–Kier alpha value is -1.20. The average molecular weight is 223 g/mol. The number of fused-ring (bicyclic) bond motifs is 1. The molecular weight excluding hydrogens is 210 g/mol. The number of aliphatic hydroxyl groups is 1. The van der Waals surface area contributed by atoms with Crippen molar-refractivity contribution >= 4 is 27.4 Å². The Morgan fingerprint density at radius 2 is 2.33 bits per heavy atom. The second-order valence-corrected chi connectivity index (χ2v) is 4.05. The van der Waals surface area contributed by atoms with E-state index in [0.717, 1.165) is 22.6 Å². The summed E-state index contributed by atoms with van der Waals surface area (Å²) in [5, 5.41) is 11.0. The van der Waals surface area contributed by atoms with Gasteiger partial charge in [-0.25, -0.2) is 9.97 Å². The standard InChI is InChI=1S/C10H13N3OS/c1-2-13(4-5-14)10-9-8(3-6-15-9)11-7-12-10/h3,6-7,14H,2,4-5H2,1H3. The van der Waals surface area contributed by atoms with Crippen molar-refractivity contribution in [3.63, 3.8) is 0 Å². The number of anilines is 1. The molecule has 0 aromatic carbocycles. The second kappa shape index (κ2) is 4.55. The molecule has 2 heterocycles. The molecule has 0 atom stereocenters. The van der Waals surface area contributed by atoms with Crippen LogP contribution in [-0.2, 0) is 0 Å². The van der Waals surface area contributed by atoms with Gasteiger partial charge in [-0.1, -0.05) is 0 Å². The molecule has 0 fully saturated rings. The summed E-state index contributed by atoms with van der Waals surface area (Å²) >= 11 is 1.64. The largest absolute Gasteiger partial charge is 0.395 e. The quantitative estimate of drug-likeness (QED) is 0.853. The molecule has 4 nitrogen and oxygen atoms in total. The van der Waals surface area contributed by atoms with Crippen molar-refractivity contribution in [2.75, 3.05) is 24.6 Å². The maximum atomic E-state index is 8.97. The van der Waals surface area contributed by atoms with Crippen molar-refractivity contribution in [3.8, 4) is 0 Å². The third kappa shape index (κ3) is 1.93. The summed E-state index contributed by atoms with van der Waals surface area (Å²) in [7, 11) is 0. The first-order valence-electron chi connectivity index (χ1n) is 4.90. The zero-order chi connectivity index (χ0) is 10.7. The Balaban J connectivity index is 2.44. The van der Waals surface area contributed by atoms with E-state index in [0.29, 0.717) is 6.54 Å². The first-order valence-corrected chi connectivity index (χ1v) is 5.78. The van der Waals surface area contributed by atoms with Crippen LogP contribution in [0, 0.1) is 0 Å². The van der Waals surface area contributed by atoms with Gasteiger partial charge in [0, 0.05) is 13.1 Å². The Morgan fingerprint density at radius 3 is 3.07 bits per heavy atom. The van der Waals surface area contributed by atoms with Gasteiger partial charge in [-0.2, -0.15) is 0 Å². The van der Waals surface area contributed by atoms with Gasteiger partial charge in [0.15, 0.2) is 0 Å². The molecule has 0 aliphatic heterocycles. The Labute approximate surface area is 92.2 Å². The van der Waals surface area contributed by atoms with Crippen molar-refractivity contribution < 1.29 is 5.11 Å². The summed E-state index contributed by atoms with van der Waals surface area (Å²) in [6, 6.07) is 1.98. The van der Waals surface area contributed by atoms with Gasteiger partial charge in [-0.15, -0.1) is 11.3 Å². The van der Waals surface area contributed by atoms with E-state index in [1.54, 1.807) is 17.7 Å². The predicted molar refractivity (Wildman–Crippen MR) is 62.4 cm³/mol. The fourth-order valence-corrected chi connectivity index (χ4v) is 2.40. The normalized spacial score (nSPS) is 10.8. The third-order valence-electron chi connectivity index (χ3n) is 2.28. The maximum absolute atomic E-state index is 8.97. The number of hydrogen-bond donors (Lipinski definition) is 1. The Morgan fingerprint density at radius 1 is 1.47 bits per heavy atom. The first kappa shape index (κ1) is 10.3. The van der Waals surface area contributed by atoms with Crippen molar-refractivity contribution in [1.82, 2.24) is 9.97 Å². The fraction of sp³-hybridized carbons (Fsp3) is 0.400. The molecule has 0 aliphatic rings. The predicted octanol–water partition coefficient (Wildman–Crippen LogP) is 1.51. The summed E-state index contributed by atoms with van der Waals surface area (Å²) < 4.78 is 1.09. The van der Waals surface area contributed by atoms with Crippen LogP contribution in [0.4, 0.5) is 5.82 Å². The van der Waals surface area contributed by atoms with Crippen LogP contribution in [0.3, 0.4) is 0 Å². The van der Waals surface area contributed by atoms with E-state index in [-0.39, 0.29) is 6.61 Å². The zero-order valence-corrected chi connectivity index (χ0v) is 9.37. The van der Waals surface area contributed by atoms with Crippen molar-refractivity contribution in [1.29, 1.82) is 0 Å². The van der Waals surface area contributed by atoms with E-state index >= 15 is 0 Å². The first-order chi connectivity index (χ1) is 7.36. The molecule has 80 valence electrons. The Bertz CT molecular complexity index is 443. The van der Waals surface area contributed by atoms with E-state index in [9.17, 15) is 0 Å². The van der Waals surface area contributed by atoms with Gasteiger partial charge in [-0.05, 0) is 18.4 Å². The summed E-state index contributed by atoms with van der Waals surface area (Å²) in [6.07, 6.45) is 1.57. The Kier molecular flexibility index (Phi) is 3.13. The molecule has 0 saturated carbocycles. The van der Waals surface area contributed by atoms with Gasteiger partial charge in [0.05, 0.1) is 16.8 Å². The average Bonchev–Trinajstić information content (AvgIpc) is 2.73. The van der Waals surface area contributed by atoms with E-state index in [1.807, 2.05) is 11.4 Å². The van der Waals surface area contributed by atoms with E-state index in [2.05, 4.69) is 21.8 Å². The van der Waals surface area contributed by atoms with Crippen molar-refractivity contribution in [2.45, 2.75) is 6.92 Å².